The van der Waals surface area contributed by atoms with E-state index in [1.807, 2.05) is 0 Å². The Morgan fingerprint density at radius 2 is 2.17 bits per heavy atom. The van der Waals surface area contributed by atoms with E-state index in [1.165, 1.54) is 4.68 Å². The molecule has 24 heavy (non-hydrogen) atoms. The van der Waals surface area contributed by atoms with Crippen molar-refractivity contribution in [3.05, 3.63) is 27.7 Å². The van der Waals surface area contributed by atoms with Crippen LogP contribution >= 0.6 is 0 Å². The number of fused-ring (bicyclic) bond motifs is 1. The molecule has 0 aliphatic rings. The van der Waals surface area contributed by atoms with Gasteiger partial charge < -0.3 is 10.4 Å². The third-order valence-electron chi connectivity index (χ3n) is 4.08. The molecule has 132 valence electrons. The van der Waals surface area contributed by atoms with Crippen LogP contribution in [-0.4, -0.2) is 37.9 Å². The van der Waals surface area contributed by atoms with Crippen LogP contribution in [0.25, 0.3) is 11.0 Å². The van der Waals surface area contributed by atoms with Crippen LogP contribution in [0.4, 0.5) is 0 Å². The molecule has 0 radical (unpaired) electrons. The Hall–Kier alpha value is -2.15. The molecule has 2 heterocycles. The summed E-state index contributed by atoms with van der Waals surface area (Å²) in [5.74, 6) is 0.101. The maximum atomic E-state index is 12.5. The number of aromatic amines is 1. The number of rotatable bonds is 6. The number of H-pyrrole nitrogens is 1. The Bertz CT molecular complexity index is 802. The summed E-state index contributed by atoms with van der Waals surface area (Å²) in [6.45, 7) is 7.79. The average Bonchev–Trinajstić information content (AvgIpc) is 2.77. The van der Waals surface area contributed by atoms with Gasteiger partial charge in [0.05, 0.1) is 16.6 Å². The maximum absolute atomic E-state index is 12.5. The van der Waals surface area contributed by atoms with Gasteiger partial charge in [0, 0.05) is 19.3 Å². The molecule has 0 bridgehead atoms. The van der Waals surface area contributed by atoms with Crippen molar-refractivity contribution in [3.63, 3.8) is 0 Å². The lowest BCUT2D eigenvalue weighted by molar-refractivity contribution is 0.0429. The number of carbonyl (C=O) groups excluding carboxylic acids is 1. The minimum Gasteiger partial charge on any atom is -0.388 e. The predicted molar refractivity (Wildman–Crippen MR) is 93.1 cm³/mol. The van der Waals surface area contributed by atoms with Crippen molar-refractivity contribution >= 4 is 16.9 Å². The molecule has 3 N–H and O–H groups in total. The van der Waals surface area contributed by atoms with Crippen LogP contribution in [0, 0.1) is 12.8 Å². The Morgan fingerprint density at radius 1 is 1.50 bits per heavy atom. The van der Waals surface area contributed by atoms with Crippen molar-refractivity contribution in [1.82, 2.24) is 20.1 Å². The van der Waals surface area contributed by atoms with Gasteiger partial charge in [-0.1, -0.05) is 13.8 Å². The van der Waals surface area contributed by atoms with Crippen LogP contribution in [0.1, 0.15) is 49.7 Å². The van der Waals surface area contributed by atoms with E-state index in [4.69, 9.17) is 0 Å². The topological polar surface area (TPSA) is 100 Å². The monoisotopic (exact) mass is 334 g/mol. The largest absolute Gasteiger partial charge is 0.388 e. The fourth-order valence-electron chi connectivity index (χ4n) is 2.62. The first-order chi connectivity index (χ1) is 11.1. The number of nitrogens with zero attached hydrogens (tertiary/aromatic N) is 2. The SMILES string of the molecule is Cc1cc(C(=O)NCC(C)(O)CCC(C)C)c2c(=O)[nH]n(C)c2n1. The molecule has 7 heteroatoms. The van der Waals surface area contributed by atoms with Gasteiger partial charge in [-0.2, -0.15) is 0 Å². The highest BCUT2D eigenvalue weighted by molar-refractivity contribution is 6.05. The number of pyridine rings is 1. The molecule has 0 fully saturated rings. The van der Waals surface area contributed by atoms with Crippen LogP contribution in [0.2, 0.25) is 0 Å². The fraction of sp³-hybridized carbons (Fsp3) is 0.588. The Balaban J connectivity index is 2.22. The molecule has 2 rings (SSSR count). The smallest absolute Gasteiger partial charge is 0.274 e. The van der Waals surface area contributed by atoms with Gasteiger partial charge in [0.25, 0.3) is 11.5 Å². The summed E-state index contributed by atoms with van der Waals surface area (Å²) >= 11 is 0. The lowest BCUT2D eigenvalue weighted by atomic mass is 9.95. The molecule has 7 nitrogen and oxygen atoms in total. The zero-order valence-electron chi connectivity index (χ0n) is 14.9. The van der Waals surface area contributed by atoms with Crippen LogP contribution in [0.15, 0.2) is 10.9 Å². The molecule has 0 aromatic carbocycles. The summed E-state index contributed by atoms with van der Waals surface area (Å²) in [6.07, 6.45) is 1.47. The molecule has 0 saturated heterocycles. The minimum atomic E-state index is -0.982. The number of aryl methyl sites for hydroxylation is 2. The van der Waals surface area contributed by atoms with E-state index in [9.17, 15) is 14.7 Å². The highest BCUT2D eigenvalue weighted by Gasteiger charge is 2.23. The van der Waals surface area contributed by atoms with Crippen LogP contribution in [0.5, 0.6) is 0 Å². The first kappa shape index (κ1) is 18.2. The third kappa shape index (κ3) is 4.03. The molecule has 2 aromatic rings. The Kier molecular flexibility index (Phi) is 5.13. The third-order valence-corrected chi connectivity index (χ3v) is 4.08. The van der Waals surface area contributed by atoms with E-state index in [2.05, 4.69) is 29.2 Å². The second-order valence-electron chi connectivity index (χ2n) is 7.12. The Morgan fingerprint density at radius 3 is 2.79 bits per heavy atom. The highest BCUT2D eigenvalue weighted by Crippen LogP contribution is 2.17. The van der Waals surface area contributed by atoms with Crippen molar-refractivity contribution in [3.8, 4) is 0 Å². The lowest BCUT2D eigenvalue weighted by Crippen LogP contribution is -2.41. The maximum Gasteiger partial charge on any atom is 0.274 e. The summed E-state index contributed by atoms with van der Waals surface area (Å²) in [4.78, 5) is 28.9. The normalized spacial score (nSPS) is 14.1. The van der Waals surface area contributed by atoms with Crippen molar-refractivity contribution in [1.29, 1.82) is 0 Å². The van der Waals surface area contributed by atoms with Gasteiger partial charge in [0.15, 0.2) is 5.65 Å². The van der Waals surface area contributed by atoms with Crippen LogP contribution in [-0.2, 0) is 7.05 Å². The van der Waals surface area contributed by atoms with E-state index in [-0.39, 0.29) is 29.0 Å². The number of aromatic nitrogens is 3. The summed E-state index contributed by atoms with van der Waals surface area (Å²) in [7, 11) is 1.68. The zero-order valence-corrected chi connectivity index (χ0v) is 14.9. The molecule has 0 saturated carbocycles. The number of nitrogens with one attached hydrogen (secondary N) is 2. The van der Waals surface area contributed by atoms with Gasteiger partial charge in [-0.15, -0.1) is 0 Å². The van der Waals surface area contributed by atoms with Gasteiger partial charge >= 0.3 is 0 Å². The fourth-order valence-corrected chi connectivity index (χ4v) is 2.62. The van der Waals surface area contributed by atoms with Gasteiger partial charge in [0.1, 0.15) is 0 Å². The number of carbonyl (C=O) groups is 1. The molecule has 1 atom stereocenters. The molecular formula is C17H26N4O3. The summed E-state index contributed by atoms with van der Waals surface area (Å²) in [5, 5.41) is 16.0. The molecule has 0 aliphatic heterocycles. The van der Waals surface area contributed by atoms with E-state index < -0.39 is 5.60 Å². The summed E-state index contributed by atoms with van der Waals surface area (Å²) in [5.41, 5.74) is 0.0331. The van der Waals surface area contributed by atoms with Gasteiger partial charge in [-0.3, -0.25) is 19.4 Å². The molecular weight excluding hydrogens is 308 g/mol. The molecule has 0 spiro atoms. The molecule has 0 aliphatic carbocycles. The average molecular weight is 334 g/mol. The van der Waals surface area contributed by atoms with Crippen LogP contribution < -0.4 is 10.9 Å². The first-order valence-electron chi connectivity index (χ1n) is 8.17. The van der Waals surface area contributed by atoms with Gasteiger partial charge in [0.2, 0.25) is 0 Å². The number of hydrogen-bond acceptors (Lipinski definition) is 4. The van der Waals surface area contributed by atoms with Crippen molar-refractivity contribution in [2.24, 2.45) is 13.0 Å². The van der Waals surface area contributed by atoms with E-state index in [0.29, 0.717) is 23.7 Å². The molecule has 1 amide bonds. The highest BCUT2D eigenvalue weighted by atomic mass is 16.3. The second kappa shape index (κ2) is 6.76. The summed E-state index contributed by atoms with van der Waals surface area (Å²) in [6, 6.07) is 1.59. The number of hydrogen-bond donors (Lipinski definition) is 3. The van der Waals surface area contributed by atoms with E-state index in [0.717, 1.165) is 6.42 Å². The Labute approximate surface area is 141 Å². The second-order valence-corrected chi connectivity index (χ2v) is 7.12. The lowest BCUT2D eigenvalue weighted by Gasteiger charge is -2.24. The number of aliphatic hydroxyl groups is 1. The van der Waals surface area contributed by atoms with Crippen molar-refractivity contribution in [2.75, 3.05) is 6.54 Å². The quantitative estimate of drug-likeness (QED) is 0.745. The van der Waals surface area contributed by atoms with E-state index in [1.54, 1.807) is 27.0 Å². The predicted octanol–water partition coefficient (Wildman–Crippen LogP) is 1.49. The standard InChI is InChI=1S/C17H26N4O3/c1-10(2)6-7-17(4,24)9-18-15(22)12-8-11(3)19-14-13(12)16(23)20-21(14)5/h8,10,24H,6-7,9H2,1-5H3,(H,18,22)(H,20,23). The molecule has 1 unspecified atom stereocenters. The summed E-state index contributed by atoms with van der Waals surface area (Å²) < 4.78 is 1.50. The number of amides is 1. The first-order valence-corrected chi connectivity index (χ1v) is 8.17. The minimum absolute atomic E-state index is 0.131. The van der Waals surface area contributed by atoms with Gasteiger partial charge in [-0.25, -0.2) is 4.98 Å². The zero-order chi connectivity index (χ0) is 18.1. The van der Waals surface area contributed by atoms with Gasteiger partial charge in [-0.05, 0) is 38.7 Å². The van der Waals surface area contributed by atoms with Crippen molar-refractivity contribution < 1.29 is 9.90 Å². The molecule has 2 aromatic heterocycles. The van der Waals surface area contributed by atoms with Crippen LogP contribution in [0.3, 0.4) is 0 Å². The van der Waals surface area contributed by atoms with E-state index >= 15 is 0 Å². The van der Waals surface area contributed by atoms with Crippen molar-refractivity contribution in [2.45, 2.75) is 46.1 Å².